The van der Waals surface area contributed by atoms with Gasteiger partial charge in [0.2, 0.25) is 17.7 Å². The Hall–Kier alpha value is -3.88. The molecule has 2 aliphatic rings. The molecule has 0 radical (unpaired) electrons. The second-order valence-corrected chi connectivity index (χ2v) is 9.47. The van der Waals surface area contributed by atoms with Gasteiger partial charge in [-0.2, -0.15) is 0 Å². The SMILES string of the molecule is CCN1CCOc2ccccc2C(=O)N[C@H](C(=O)NCC2CC2)CC(=O)N(Cc2ccccc2)CC1=O. The zero-order valence-corrected chi connectivity index (χ0v) is 21.2. The Morgan fingerprint density at radius 1 is 1.00 bits per heavy atom. The summed E-state index contributed by atoms with van der Waals surface area (Å²) < 4.78 is 5.87. The molecule has 1 aliphatic heterocycles. The average molecular weight is 507 g/mol. The van der Waals surface area contributed by atoms with Gasteiger partial charge in [-0.25, -0.2) is 0 Å². The maximum Gasteiger partial charge on any atom is 0.255 e. The molecule has 4 amide bonds. The molecule has 2 N–H and O–H groups in total. The van der Waals surface area contributed by atoms with Crippen LogP contribution in [0.3, 0.4) is 0 Å². The number of ether oxygens (including phenoxy) is 1. The summed E-state index contributed by atoms with van der Waals surface area (Å²) >= 11 is 0. The first kappa shape index (κ1) is 26.2. The van der Waals surface area contributed by atoms with Crippen LogP contribution in [0.25, 0.3) is 0 Å². The highest BCUT2D eigenvalue weighted by Crippen LogP contribution is 2.27. The maximum absolute atomic E-state index is 13.5. The number of amides is 4. The molecule has 0 spiro atoms. The van der Waals surface area contributed by atoms with E-state index in [0.717, 1.165) is 18.4 Å². The summed E-state index contributed by atoms with van der Waals surface area (Å²) in [6.07, 6.45) is 1.85. The van der Waals surface area contributed by atoms with Gasteiger partial charge in [0.25, 0.3) is 5.91 Å². The van der Waals surface area contributed by atoms with Crippen LogP contribution in [0.1, 0.15) is 42.1 Å². The van der Waals surface area contributed by atoms with Crippen molar-refractivity contribution in [2.24, 2.45) is 5.92 Å². The van der Waals surface area contributed by atoms with Gasteiger partial charge in [0.05, 0.1) is 18.5 Å². The van der Waals surface area contributed by atoms with Crippen molar-refractivity contribution in [3.8, 4) is 5.75 Å². The van der Waals surface area contributed by atoms with Gasteiger partial charge in [-0.05, 0) is 43.4 Å². The van der Waals surface area contributed by atoms with Crippen molar-refractivity contribution in [1.29, 1.82) is 0 Å². The standard InChI is InChI=1S/C28H34N4O5/c1-2-31-14-15-37-24-11-7-6-10-22(24)27(35)30-23(28(36)29-17-20-12-13-20)16-25(33)32(19-26(31)34)18-21-8-4-3-5-9-21/h3-11,20,23H,2,12-19H2,1H3,(H,29,36)(H,30,35)/t23-/m0/s1. The van der Waals surface area contributed by atoms with Gasteiger partial charge in [0.1, 0.15) is 24.9 Å². The number of fused-ring (bicyclic) bond motifs is 1. The Bertz CT molecular complexity index is 1120. The van der Waals surface area contributed by atoms with Crippen molar-refractivity contribution < 1.29 is 23.9 Å². The molecular formula is C28H34N4O5. The first-order valence-electron chi connectivity index (χ1n) is 12.8. The van der Waals surface area contributed by atoms with Gasteiger partial charge in [-0.15, -0.1) is 0 Å². The molecule has 1 aliphatic carbocycles. The van der Waals surface area contributed by atoms with Crippen LogP contribution in [0.2, 0.25) is 0 Å². The van der Waals surface area contributed by atoms with Crippen molar-refractivity contribution in [1.82, 2.24) is 20.4 Å². The summed E-state index contributed by atoms with van der Waals surface area (Å²) in [7, 11) is 0. The van der Waals surface area contributed by atoms with Gasteiger partial charge in [-0.3, -0.25) is 19.2 Å². The number of carbonyl (C=O) groups is 4. The normalized spacial score (nSPS) is 19.4. The van der Waals surface area contributed by atoms with E-state index in [-0.39, 0.29) is 43.5 Å². The fourth-order valence-electron chi connectivity index (χ4n) is 4.24. The van der Waals surface area contributed by atoms with Crippen molar-refractivity contribution in [2.45, 2.75) is 38.8 Å². The van der Waals surface area contributed by atoms with Gasteiger partial charge in [-0.1, -0.05) is 42.5 Å². The molecule has 9 nitrogen and oxygen atoms in total. The number of benzene rings is 2. The topological polar surface area (TPSA) is 108 Å². The number of nitrogens with zero attached hydrogens (tertiary/aromatic N) is 2. The second-order valence-electron chi connectivity index (χ2n) is 9.47. The molecule has 0 saturated heterocycles. The molecule has 4 rings (SSSR count). The van der Waals surface area contributed by atoms with Gasteiger partial charge < -0.3 is 25.2 Å². The van der Waals surface area contributed by atoms with E-state index < -0.39 is 17.9 Å². The molecule has 0 unspecified atom stereocenters. The minimum Gasteiger partial charge on any atom is -0.491 e. The van der Waals surface area contributed by atoms with E-state index in [2.05, 4.69) is 10.6 Å². The first-order valence-corrected chi connectivity index (χ1v) is 12.8. The van der Waals surface area contributed by atoms with E-state index in [1.54, 1.807) is 29.2 Å². The molecule has 37 heavy (non-hydrogen) atoms. The van der Waals surface area contributed by atoms with Crippen LogP contribution >= 0.6 is 0 Å². The first-order chi connectivity index (χ1) is 17.9. The third-order valence-corrected chi connectivity index (χ3v) is 6.64. The molecular weight excluding hydrogens is 472 g/mol. The Morgan fingerprint density at radius 2 is 1.73 bits per heavy atom. The Balaban J connectivity index is 1.63. The minimum absolute atomic E-state index is 0.136. The summed E-state index contributed by atoms with van der Waals surface area (Å²) in [5, 5.41) is 5.62. The van der Waals surface area contributed by atoms with Crippen LogP contribution in [0.4, 0.5) is 0 Å². The number of carbonyl (C=O) groups excluding carboxylic acids is 4. The summed E-state index contributed by atoms with van der Waals surface area (Å²) in [5.41, 5.74) is 1.13. The molecule has 196 valence electrons. The van der Waals surface area contributed by atoms with Crippen molar-refractivity contribution in [3.63, 3.8) is 0 Å². The highest BCUT2D eigenvalue weighted by atomic mass is 16.5. The lowest BCUT2D eigenvalue weighted by Crippen LogP contribution is -2.51. The third kappa shape index (κ3) is 7.31. The summed E-state index contributed by atoms with van der Waals surface area (Å²) in [6, 6.07) is 15.0. The van der Waals surface area contributed by atoms with E-state index >= 15 is 0 Å². The fraction of sp³-hybridized carbons (Fsp3) is 0.429. The lowest BCUT2D eigenvalue weighted by Gasteiger charge is -2.29. The molecule has 1 heterocycles. The van der Waals surface area contributed by atoms with Crippen molar-refractivity contribution >= 4 is 23.6 Å². The maximum atomic E-state index is 13.5. The van der Waals surface area contributed by atoms with E-state index in [9.17, 15) is 19.2 Å². The monoisotopic (exact) mass is 506 g/mol. The zero-order chi connectivity index (χ0) is 26.2. The van der Waals surface area contributed by atoms with Crippen LogP contribution in [0.15, 0.2) is 54.6 Å². The molecule has 0 bridgehead atoms. The fourth-order valence-corrected chi connectivity index (χ4v) is 4.24. The number of rotatable bonds is 6. The van der Waals surface area contributed by atoms with Gasteiger partial charge >= 0.3 is 0 Å². The van der Waals surface area contributed by atoms with Gasteiger partial charge in [0.15, 0.2) is 0 Å². The Labute approximate surface area is 217 Å². The van der Waals surface area contributed by atoms with Crippen LogP contribution < -0.4 is 15.4 Å². The quantitative estimate of drug-likeness (QED) is 0.623. The third-order valence-electron chi connectivity index (χ3n) is 6.64. The number of nitrogens with one attached hydrogen (secondary N) is 2. The zero-order valence-electron chi connectivity index (χ0n) is 21.2. The number of hydrogen-bond acceptors (Lipinski definition) is 5. The van der Waals surface area contributed by atoms with Crippen LogP contribution in [-0.4, -0.2) is 72.3 Å². The van der Waals surface area contributed by atoms with Crippen molar-refractivity contribution in [3.05, 3.63) is 65.7 Å². The summed E-state index contributed by atoms with van der Waals surface area (Å²) in [5.74, 6) is -0.712. The van der Waals surface area contributed by atoms with Crippen LogP contribution in [0.5, 0.6) is 5.75 Å². The largest absolute Gasteiger partial charge is 0.491 e. The molecule has 1 atom stereocenters. The highest BCUT2D eigenvalue weighted by Gasteiger charge is 2.31. The smallest absolute Gasteiger partial charge is 0.255 e. The molecule has 0 aromatic heterocycles. The predicted octanol–water partition coefficient (Wildman–Crippen LogP) is 1.97. The second kappa shape index (κ2) is 12.4. The molecule has 2 aromatic carbocycles. The minimum atomic E-state index is -1.09. The average Bonchev–Trinajstić information content (AvgIpc) is 3.74. The Morgan fingerprint density at radius 3 is 2.46 bits per heavy atom. The van der Waals surface area contributed by atoms with Gasteiger partial charge in [0, 0.05) is 19.6 Å². The molecule has 2 aromatic rings. The summed E-state index contributed by atoms with van der Waals surface area (Å²) in [6.45, 7) is 3.40. The summed E-state index contributed by atoms with van der Waals surface area (Å²) in [4.78, 5) is 56.1. The van der Waals surface area contributed by atoms with Crippen LogP contribution in [-0.2, 0) is 20.9 Å². The Kier molecular flexibility index (Phi) is 8.77. The molecule has 9 heteroatoms. The molecule has 1 saturated carbocycles. The number of hydrogen-bond donors (Lipinski definition) is 2. The number of likely N-dealkylation sites (N-methyl/N-ethyl adjacent to an activating group) is 1. The van der Waals surface area contributed by atoms with E-state index in [1.165, 1.54) is 4.90 Å². The number of para-hydroxylation sites is 1. The van der Waals surface area contributed by atoms with E-state index in [1.807, 2.05) is 37.3 Å². The van der Waals surface area contributed by atoms with Crippen molar-refractivity contribution in [2.75, 3.05) is 32.8 Å². The lowest BCUT2D eigenvalue weighted by molar-refractivity contribution is -0.142. The molecule has 1 fully saturated rings. The lowest BCUT2D eigenvalue weighted by atomic mass is 10.1. The van der Waals surface area contributed by atoms with E-state index in [0.29, 0.717) is 31.3 Å². The van der Waals surface area contributed by atoms with Crippen LogP contribution in [0, 0.1) is 5.92 Å². The predicted molar refractivity (Wildman–Crippen MR) is 138 cm³/mol. The highest BCUT2D eigenvalue weighted by molar-refractivity contribution is 6.01. The van der Waals surface area contributed by atoms with E-state index in [4.69, 9.17) is 4.74 Å².